The summed E-state index contributed by atoms with van der Waals surface area (Å²) in [4.78, 5) is 12.5. The van der Waals surface area contributed by atoms with Gasteiger partial charge in [-0.3, -0.25) is 0 Å². The summed E-state index contributed by atoms with van der Waals surface area (Å²) in [6, 6.07) is 11.3. The SMILES string of the molecule is CCCCOCc1ccc(C(=O)O[C@H]2CC[C@H](c3cc(F)c(C#N)c(F)c3)CC2)cc1. The summed E-state index contributed by atoms with van der Waals surface area (Å²) < 4.78 is 39.0. The van der Waals surface area contributed by atoms with Gasteiger partial charge in [0.2, 0.25) is 0 Å². The minimum absolute atomic E-state index is 0.0151. The van der Waals surface area contributed by atoms with Crippen LogP contribution < -0.4 is 0 Å². The van der Waals surface area contributed by atoms with Gasteiger partial charge in [0.05, 0.1) is 12.2 Å². The van der Waals surface area contributed by atoms with E-state index < -0.39 is 17.2 Å². The van der Waals surface area contributed by atoms with Gasteiger partial charge in [-0.15, -0.1) is 0 Å². The fraction of sp³-hybridized carbons (Fsp3) is 0.440. The predicted octanol–water partition coefficient (Wildman–Crippen LogP) is 6.04. The van der Waals surface area contributed by atoms with Crippen molar-refractivity contribution in [3.05, 3.63) is 70.3 Å². The van der Waals surface area contributed by atoms with Crippen molar-refractivity contribution >= 4 is 5.97 Å². The highest BCUT2D eigenvalue weighted by Crippen LogP contribution is 2.35. The van der Waals surface area contributed by atoms with Crippen LogP contribution in [0.5, 0.6) is 0 Å². The molecule has 0 heterocycles. The Morgan fingerprint density at radius 1 is 1.10 bits per heavy atom. The summed E-state index contributed by atoms with van der Waals surface area (Å²) in [5.74, 6) is -2.04. The molecule has 0 unspecified atom stereocenters. The van der Waals surface area contributed by atoms with E-state index in [0.29, 0.717) is 43.4 Å². The van der Waals surface area contributed by atoms with Gasteiger partial charge in [-0.2, -0.15) is 5.26 Å². The van der Waals surface area contributed by atoms with E-state index in [9.17, 15) is 13.6 Å². The van der Waals surface area contributed by atoms with Gasteiger partial charge >= 0.3 is 5.97 Å². The zero-order valence-corrected chi connectivity index (χ0v) is 17.7. The summed E-state index contributed by atoms with van der Waals surface area (Å²) in [5, 5.41) is 8.80. The molecule has 6 heteroatoms. The molecule has 2 aromatic rings. The van der Waals surface area contributed by atoms with Crippen LogP contribution in [0.2, 0.25) is 0 Å². The quantitative estimate of drug-likeness (QED) is 0.381. The van der Waals surface area contributed by atoms with Crippen molar-refractivity contribution in [2.24, 2.45) is 0 Å². The van der Waals surface area contributed by atoms with E-state index in [-0.39, 0.29) is 18.0 Å². The van der Waals surface area contributed by atoms with Gasteiger partial charge in [0.25, 0.3) is 0 Å². The van der Waals surface area contributed by atoms with Crippen molar-refractivity contribution in [1.29, 1.82) is 5.26 Å². The van der Waals surface area contributed by atoms with Crippen LogP contribution in [0.4, 0.5) is 8.78 Å². The van der Waals surface area contributed by atoms with Crippen LogP contribution in [0.15, 0.2) is 36.4 Å². The fourth-order valence-electron chi connectivity index (χ4n) is 3.84. The molecule has 0 N–H and O–H groups in total. The summed E-state index contributed by atoms with van der Waals surface area (Å²) in [6.45, 7) is 3.36. The number of carbonyl (C=O) groups is 1. The van der Waals surface area contributed by atoms with Crippen LogP contribution >= 0.6 is 0 Å². The highest BCUT2D eigenvalue weighted by atomic mass is 19.1. The monoisotopic (exact) mass is 427 g/mol. The number of ether oxygens (including phenoxy) is 2. The average molecular weight is 427 g/mol. The summed E-state index contributed by atoms with van der Waals surface area (Å²) in [5.41, 5.74) is 1.51. The van der Waals surface area contributed by atoms with Crippen molar-refractivity contribution in [1.82, 2.24) is 0 Å². The van der Waals surface area contributed by atoms with Crippen molar-refractivity contribution in [2.75, 3.05) is 6.61 Å². The third-order valence-electron chi connectivity index (χ3n) is 5.70. The second kappa shape index (κ2) is 11.0. The zero-order valence-electron chi connectivity index (χ0n) is 17.7. The summed E-state index contributed by atoms with van der Waals surface area (Å²) in [6.07, 6.45) is 4.49. The summed E-state index contributed by atoms with van der Waals surface area (Å²) in [7, 11) is 0. The molecule has 0 amide bonds. The normalized spacial score (nSPS) is 18.4. The molecule has 0 aromatic heterocycles. The Kier molecular flexibility index (Phi) is 8.13. The number of nitrogens with zero attached hydrogens (tertiary/aromatic N) is 1. The molecule has 0 bridgehead atoms. The minimum atomic E-state index is -0.828. The van der Waals surface area contributed by atoms with E-state index in [1.165, 1.54) is 12.1 Å². The largest absolute Gasteiger partial charge is 0.459 e. The number of hydrogen-bond acceptors (Lipinski definition) is 4. The molecule has 1 saturated carbocycles. The van der Waals surface area contributed by atoms with E-state index in [2.05, 4.69) is 6.92 Å². The Bertz CT molecular complexity index is 906. The number of hydrogen-bond donors (Lipinski definition) is 0. The van der Waals surface area contributed by atoms with Gasteiger partial charge < -0.3 is 9.47 Å². The number of esters is 1. The van der Waals surface area contributed by atoms with Gasteiger partial charge in [0, 0.05) is 6.61 Å². The van der Waals surface area contributed by atoms with Gasteiger partial charge in [-0.1, -0.05) is 25.5 Å². The predicted molar refractivity (Wildman–Crippen MR) is 112 cm³/mol. The molecule has 31 heavy (non-hydrogen) atoms. The Labute approximate surface area is 181 Å². The van der Waals surface area contributed by atoms with Crippen molar-refractivity contribution in [3.8, 4) is 6.07 Å². The maximum absolute atomic E-state index is 13.9. The molecule has 1 aliphatic rings. The van der Waals surface area contributed by atoms with Crippen LogP contribution in [-0.2, 0) is 16.1 Å². The number of benzene rings is 2. The molecule has 2 aromatic carbocycles. The Morgan fingerprint density at radius 2 is 1.74 bits per heavy atom. The first-order valence-corrected chi connectivity index (χ1v) is 10.8. The van der Waals surface area contributed by atoms with E-state index >= 15 is 0 Å². The third kappa shape index (κ3) is 6.11. The number of unbranched alkanes of at least 4 members (excludes halogenated alkanes) is 1. The first-order valence-electron chi connectivity index (χ1n) is 10.8. The van der Waals surface area contributed by atoms with Crippen LogP contribution in [0.1, 0.15) is 78.4 Å². The molecule has 0 spiro atoms. The average Bonchev–Trinajstić information content (AvgIpc) is 2.77. The van der Waals surface area contributed by atoms with Crippen LogP contribution in [0, 0.1) is 23.0 Å². The second-order valence-corrected chi connectivity index (χ2v) is 7.95. The Morgan fingerprint density at radius 3 is 2.32 bits per heavy atom. The molecule has 164 valence electrons. The molecule has 1 fully saturated rings. The Balaban J connectivity index is 1.49. The van der Waals surface area contributed by atoms with Gasteiger partial charge in [0.1, 0.15) is 29.4 Å². The molecule has 0 radical (unpaired) electrons. The minimum Gasteiger partial charge on any atom is -0.459 e. The van der Waals surface area contributed by atoms with Gasteiger partial charge in [-0.25, -0.2) is 13.6 Å². The topological polar surface area (TPSA) is 59.3 Å². The molecule has 0 aliphatic heterocycles. The van der Waals surface area contributed by atoms with Gasteiger partial charge in [-0.05, 0) is 73.4 Å². The zero-order chi connectivity index (χ0) is 22.2. The van der Waals surface area contributed by atoms with Crippen molar-refractivity contribution in [3.63, 3.8) is 0 Å². The van der Waals surface area contributed by atoms with Crippen molar-refractivity contribution in [2.45, 2.75) is 64.1 Å². The maximum atomic E-state index is 13.9. The van der Waals surface area contributed by atoms with E-state index in [4.69, 9.17) is 14.7 Å². The van der Waals surface area contributed by atoms with Crippen LogP contribution in [0.3, 0.4) is 0 Å². The fourth-order valence-corrected chi connectivity index (χ4v) is 3.84. The molecule has 0 atom stereocenters. The van der Waals surface area contributed by atoms with Crippen molar-refractivity contribution < 1.29 is 23.0 Å². The van der Waals surface area contributed by atoms with E-state index in [1.807, 2.05) is 12.1 Å². The molecule has 1 aliphatic carbocycles. The summed E-state index contributed by atoms with van der Waals surface area (Å²) >= 11 is 0. The van der Waals surface area contributed by atoms with Crippen LogP contribution in [0.25, 0.3) is 0 Å². The number of rotatable bonds is 8. The lowest BCUT2D eigenvalue weighted by Gasteiger charge is -2.28. The lowest BCUT2D eigenvalue weighted by Crippen LogP contribution is -2.24. The van der Waals surface area contributed by atoms with Gasteiger partial charge in [0.15, 0.2) is 0 Å². The third-order valence-corrected chi connectivity index (χ3v) is 5.70. The maximum Gasteiger partial charge on any atom is 0.338 e. The second-order valence-electron chi connectivity index (χ2n) is 7.95. The molecule has 0 saturated heterocycles. The highest BCUT2D eigenvalue weighted by Gasteiger charge is 2.26. The molecule has 3 rings (SSSR count). The Hall–Kier alpha value is -2.78. The molecular formula is C25H27F2NO3. The standard InChI is InChI=1S/C25H27F2NO3/c1-2-3-12-30-16-17-4-6-19(7-5-17)25(29)31-21-10-8-18(9-11-21)20-13-23(26)22(15-28)24(27)14-20/h4-7,13-14,18,21H,2-3,8-12,16H2,1H3/t18-,21-. The van der Waals surface area contributed by atoms with E-state index in [0.717, 1.165) is 25.0 Å². The first kappa shape index (κ1) is 22.9. The lowest BCUT2D eigenvalue weighted by molar-refractivity contribution is 0.0195. The smallest absolute Gasteiger partial charge is 0.338 e. The molecule has 4 nitrogen and oxygen atoms in total. The first-order chi connectivity index (χ1) is 15.0. The lowest BCUT2D eigenvalue weighted by atomic mass is 9.82. The number of halogens is 2. The number of nitriles is 1. The number of carbonyl (C=O) groups excluding carboxylic acids is 1. The van der Waals surface area contributed by atoms with E-state index in [1.54, 1.807) is 18.2 Å². The highest BCUT2D eigenvalue weighted by molar-refractivity contribution is 5.89. The molecular weight excluding hydrogens is 400 g/mol. The van der Waals surface area contributed by atoms with Crippen LogP contribution in [-0.4, -0.2) is 18.7 Å².